The Labute approximate surface area is 125 Å². The van der Waals surface area contributed by atoms with Gasteiger partial charge in [0.25, 0.3) is 0 Å². The highest BCUT2D eigenvalue weighted by molar-refractivity contribution is 6.29. The van der Waals surface area contributed by atoms with Crippen molar-refractivity contribution in [1.29, 1.82) is 0 Å². The van der Waals surface area contributed by atoms with E-state index in [4.69, 9.17) is 11.6 Å². The van der Waals surface area contributed by atoms with Crippen LogP contribution >= 0.6 is 11.6 Å². The monoisotopic (exact) mass is 289 g/mol. The summed E-state index contributed by atoms with van der Waals surface area (Å²) in [6.45, 7) is 7.96. The van der Waals surface area contributed by atoms with Crippen molar-refractivity contribution in [2.45, 2.75) is 33.2 Å². The van der Waals surface area contributed by atoms with E-state index in [0.717, 1.165) is 24.7 Å². The highest BCUT2D eigenvalue weighted by Crippen LogP contribution is 2.21. The van der Waals surface area contributed by atoms with Crippen LogP contribution in [-0.2, 0) is 6.54 Å². The Balaban J connectivity index is 2.27. The summed E-state index contributed by atoms with van der Waals surface area (Å²) in [5, 5.41) is 0.505. The van der Waals surface area contributed by atoms with Crippen LogP contribution in [0, 0.1) is 0 Å². The van der Waals surface area contributed by atoms with Gasteiger partial charge in [0.1, 0.15) is 16.8 Å². The van der Waals surface area contributed by atoms with Crippen LogP contribution in [0.1, 0.15) is 38.1 Å². The summed E-state index contributed by atoms with van der Waals surface area (Å²) in [5.41, 5.74) is 1.26. The molecule has 0 unspecified atom stereocenters. The molecule has 0 bridgehead atoms. The molecule has 1 aromatic heterocycles. The second-order valence-electron chi connectivity index (χ2n) is 5.06. The summed E-state index contributed by atoms with van der Waals surface area (Å²) in [6.07, 6.45) is 0. The van der Waals surface area contributed by atoms with Crippen LogP contribution in [0.5, 0.6) is 0 Å². The average molecular weight is 290 g/mol. The van der Waals surface area contributed by atoms with Gasteiger partial charge in [-0.25, -0.2) is 9.97 Å². The van der Waals surface area contributed by atoms with Gasteiger partial charge in [-0.1, -0.05) is 55.8 Å². The molecule has 1 aromatic carbocycles. The Hall–Kier alpha value is -1.61. The molecule has 1 heterocycles. The van der Waals surface area contributed by atoms with Gasteiger partial charge in [-0.15, -0.1) is 0 Å². The summed E-state index contributed by atoms with van der Waals surface area (Å²) in [5.74, 6) is 1.95. The lowest BCUT2D eigenvalue weighted by Gasteiger charge is -2.23. The van der Waals surface area contributed by atoms with Crippen molar-refractivity contribution >= 4 is 17.4 Å². The van der Waals surface area contributed by atoms with E-state index in [9.17, 15) is 0 Å². The van der Waals surface area contributed by atoms with Crippen molar-refractivity contribution in [3.05, 3.63) is 52.9 Å². The number of hydrogen-bond donors (Lipinski definition) is 0. The normalized spacial score (nSPS) is 10.8. The summed E-state index contributed by atoms with van der Waals surface area (Å²) in [7, 11) is 0. The number of anilines is 1. The fourth-order valence-electron chi connectivity index (χ4n) is 2.00. The number of benzene rings is 1. The molecule has 0 N–H and O–H groups in total. The average Bonchev–Trinajstić information content (AvgIpc) is 2.45. The van der Waals surface area contributed by atoms with Crippen LogP contribution in [0.25, 0.3) is 0 Å². The van der Waals surface area contributed by atoms with Crippen LogP contribution in [0.4, 0.5) is 5.82 Å². The first-order valence-electron chi connectivity index (χ1n) is 6.93. The van der Waals surface area contributed by atoms with Crippen molar-refractivity contribution < 1.29 is 0 Å². The molecule has 106 valence electrons. The summed E-state index contributed by atoms with van der Waals surface area (Å²) < 4.78 is 0. The van der Waals surface area contributed by atoms with Crippen LogP contribution in [0.2, 0.25) is 5.15 Å². The molecule has 20 heavy (non-hydrogen) atoms. The van der Waals surface area contributed by atoms with Gasteiger partial charge < -0.3 is 4.90 Å². The zero-order chi connectivity index (χ0) is 14.5. The Morgan fingerprint density at radius 3 is 2.45 bits per heavy atom. The molecule has 0 saturated heterocycles. The molecule has 0 aliphatic heterocycles. The van der Waals surface area contributed by atoms with Crippen molar-refractivity contribution in [3.63, 3.8) is 0 Å². The smallest absolute Gasteiger partial charge is 0.135 e. The molecule has 0 fully saturated rings. The number of rotatable bonds is 5. The summed E-state index contributed by atoms with van der Waals surface area (Å²) in [4.78, 5) is 11.1. The summed E-state index contributed by atoms with van der Waals surface area (Å²) >= 11 is 6.12. The van der Waals surface area contributed by atoms with E-state index in [2.05, 4.69) is 59.9 Å². The number of nitrogens with zero attached hydrogens (tertiary/aromatic N) is 3. The Kier molecular flexibility index (Phi) is 4.96. The SMILES string of the molecule is CCN(Cc1ccccc1)c1cc(Cl)nc(C(C)C)n1. The molecule has 0 radical (unpaired) electrons. The lowest BCUT2D eigenvalue weighted by molar-refractivity contribution is 0.748. The predicted octanol–water partition coefficient (Wildman–Crippen LogP) is 4.28. The van der Waals surface area contributed by atoms with Crippen molar-refractivity contribution in [3.8, 4) is 0 Å². The lowest BCUT2D eigenvalue weighted by atomic mass is 10.2. The van der Waals surface area contributed by atoms with Gasteiger partial charge in [0.15, 0.2) is 0 Å². The first-order chi connectivity index (χ1) is 9.60. The molecule has 0 saturated carbocycles. The minimum atomic E-state index is 0.267. The van der Waals surface area contributed by atoms with Crippen LogP contribution < -0.4 is 4.90 Å². The second-order valence-corrected chi connectivity index (χ2v) is 5.45. The van der Waals surface area contributed by atoms with Gasteiger partial charge in [-0.3, -0.25) is 0 Å². The van der Waals surface area contributed by atoms with Crippen molar-refractivity contribution in [2.24, 2.45) is 0 Å². The van der Waals surface area contributed by atoms with Crippen molar-refractivity contribution in [2.75, 3.05) is 11.4 Å². The van der Waals surface area contributed by atoms with Gasteiger partial charge in [0, 0.05) is 25.1 Å². The first-order valence-corrected chi connectivity index (χ1v) is 7.31. The fraction of sp³-hybridized carbons (Fsp3) is 0.375. The highest BCUT2D eigenvalue weighted by Gasteiger charge is 2.12. The van der Waals surface area contributed by atoms with Gasteiger partial charge in [-0.2, -0.15) is 0 Å². The zero-order valence-corrected chi connectivity index (χ0v) is 12.9. The molecule has 4 heteroatoms. The van der Waals surface area contributed by atoms with E-state index >= 15 is 0 Å². The molecule has 0 spiro atoms. The lowest BCUT2D eigenvalue weighted by Crippen LogP contribution is -2.23. The van der Waals surface area contributed by atoms with E-state index in [0.29, 0.717) is 5.15 Å². The quantitative estimate of drug-likeness (QED) is 0.769. The van der Waals surface area contributed by atoms with Crippen LogP contribution in [0.3, 0.4) is 0 Å². The molecule has 0 aliphatic carbocycles. The number of halogens is 1. The molecule has 3 nitrogen and oxygen atoms in total. The van der Waals surface area contributed by atoms with Gasteiger partial charge in [0.05, 0.1) is 0 Å². The largest absolute Gasteiger partial charge is 0.352 e. The molecule has 2 rings (SSSR count). The molecule has 2 aromatic rings. The maximum atomic E-state index is 6.12. The van der Waals surface area contributed by atoms with E-state index in [1.165, 1.54) is 5.56 Å². The Bertz CT molecular complexity index is 555. The van der Waals surface area contributed by atoms with Gasteiger partial charge in [-0.05, 0) is 12.5 Å². The molecular weight excluding hydrogens is 270 g/mol. The minimum Gasteiger partial charge on any atom is -0.352 e. The van der Waals surface area contributed by atoms with Crippen LogP contribution in [-0.4, -0.2) is 16.5 Å². The van der Waals surface area contributed by atoms with E-state index in [1.807, 2.05) is 12.1 Å². The summed E-state index contributed by atoms with van der Waals surface area (Å²) in [6, 6.07) is 12.2. The molecule has 0 amide bonds. The molecule has 0 atom stereocenters. The van der Waals surface area contributed by atoms with E-state index in [1.54, 1.807) is 0 Å². The second kappa shape index (κ2) is 6.71. The fourth-order valence-corrected chi connectivity index (χ4v) is 2.19. The number of aromatic nitrogens is 2. The van der Waals surface area contributed by atoms with Crippen LogP contribution in [0.15, 0.2) is 36.4 Å². The standard InChI is InChI=1S/C16H20ClN3/c1-4-20(11-13-8-6-5-7-9-13)15-10-14(17)18-16(19-15)12(2)3/h5-10,12H,4,11H2,1-3H3. The molecular formula is C16H20ClN3. The van der Waals surface area contributed by atoms with E-state index in [-0.39, 0.29) is 5.92 Å². The van der Waals surface area contributed by atoms with Gasteiger partial charge in [0.2, 0.25) is 0 Å². The third-order valence-corrected chi connectivity index (χ3v) is 3.33. The van der Waals surface area contributed by atoms with Crippen molar-refractivity contribution in [1.82, 2.24) is 9.97 Å². The maximum absolute atomic E-state index is 6.12. The highest BCUT2D eigenvalue weighted by atomic mass is 35.5. The Morgan fingerprint density at radius 1 is 1.15 bits per heavy atom. The minimum absolute atomic E-state index is 0.267. The first kappa shape index (κ1) is 14.8. The predicted molar refractivity (Wildman–Crippen MR) is 84.3 cm³/mol. The maximum Gasteiger partial charge on any atom is 0.135 e. The van der Waals surface area contributed by atoms with E-state index < -0.39 is 0 Å². The van der Waals surface area contributed by atoms with Gasteiger partial charge >= 0.3 is 0 Å². The molecule has 0 aliphatic rings. The topological polar surface area (TPSA) is 29.0 Å². The number of hydrogen-bond acceptors (Lipinski definition) is 3. The Morgan fingerprint density at radius 2 is 1.85 bits per heavy atom. The third-order valence-electron chi connectivity index (χ3n) is 3.14. The zero-order valence-electron chi connectivity index (χ0n) is 12.2. The third kappa shape index (κ3) is 3.70.